The molecule has 1 aromatic heterocycles. The van der Waals surface area contributed by atoms with Crippen molar-refractivity contribution in [1.82, 2.24) is 14.7 Å². The predicted molar refractivity (Wildman–Crippen MR) is 74.1 cm³/mol. The van der Waals surface area contributed by atoms with Crippen molar-refractivity contribution in [1.29, 1.82) is 0 Å². The molecule has 102 valence electrons. The van der Waals surface area contributed by atoms with Crippen LogP contribution < -0.4 is 0 Å². The third kappa shape index (κ3) is 4.02. The van der Waals surface area contributed by atoms with E-state index in [2.05, 4.69) is 5.10 Å². The van der Waals surface area contributed by atoms with Gasteiger partial charge in [-0.15, -0.1) is 11.6 Å². The molecule has 0 fully saturated rings. The van der Waals surface area contributed by atoms with Crippen molar-refractivity contribution in [2.75, 3.05) is 19.5 Å². The average Bonchev–Trinajstić information content (AvgIpc) is 2.74. The summed E-state index contributed by atoms with van der Waals surface area (Å²) in [6.45, 7) is 2.80. The fraction of sp³-hybridized carbons (Fsp3) is 0.692. The van der Waals surface area contributed by atoms with Crippen molar-refractivity contribution in [3.63, 3.8) is 0 Å². The Labute approximate surface area is 114 Å². The number of carbonyl (C=O) groups excluding carboxylic acids is 1. The summed E-state index contributed by atoms with van der Waals surface area (Å²) >= 11 is 5.62. The van der Waals surface area contributed by atoms with Gasteiger partial charge in [0, 0.05) is 26.5 Å². The van der Waals surface area contributed by atoms with Crippen LogP contribution >= 0.6 is 11.6 Å². The number of rotatable bonds is 7. The van der Waals surface area contributed by atoms with Crippen LogP contribution in [0.1, 0.15) is 42.4 Å². The largest absolute Gasteiger partial charge is 0.340 e. The van der Waals surface area contributed by atoms with E-state index < -0.39 is 0 Å². The number of carbonyl (C=O) groups is 1. The molecular weight excluding hydrogens is 250 g/mol. The molecule has 18 heavy (non-hydrogen) atoms. The van der Waals surface area contributed by atoms with Gasteiger partial charge in [0.05, 0.1) is 5.69 Å². The second-order valence-electron chi connectivity index (χ2n) is 4.47. The fourth-order valence-corrected chi connectivity index (χ4v) is 2.01. The Morgan fingerprint density at radius 1 is 1.44 bits per heavy atom. The number of nitrogens with zero attached hydrogens (tertiary/aromatic N) is 3. The lowest BCUT2D eigenvalue weighted by Gasteiger charge is -2.16. The second kappa shape index (κ2) is 7.41. The highest BCUT2D eigenvalue weighted by atomic mass is 35.5. The molecule has 1 heterocycles. The summed E-state index contributed by atoms with van der Waals surface area (Å²) in [6, 6.07) is 1.87. The molecule has 1 aromatic rings. The Kier molecular flexibility index (Phi) is 6.19. The lowest BCUT2D eigenvalue weighted by Crippen LogP contribution is -2.29. The molecule has 1 rings (SSSR count). The van der Waals surface area contributed by atoms with Crippen LogP contribution in [0.15, 0.2) is 6.07 Å². The lowest BCUT2D eigenvalue weighted by atomic mass is 10.2. The van der Waals surface area contributed by atoms with Crippen molar-refractivity contribution in [2.45, 2.75) is 32.6 Å². The van der Waals surface area contributed by atoms with Gasteiger partial charge in [-0.25, -0.2) is 0 Å². The predicted octanol–water partition coefficient (Wildman–Crippen LogP) is 2.46. The van der Waals surface area contributed by atoms with Gasteiger partial charge in [-0.1, -0.05) is 13.3 Å². The topological polar surface area (TPSA) is 38.1 Å². The monoisotopic (exact) mass is 271 g/mol. The molecule has 0 bridgehead atoms. The summed E-state index contributed by atoms with van der Waals surface area (Å²) in [5.74, 6) is 0.731. The summed E-state index contributed by atoms with van der Waals surface area (Å²) in [7, 11) is 3.65. The molecule has 0 aromatic carbocycles. The molecule has 1 amide bonds. The molecule has 0 saturated carbocycles. The van der Waals surface area contributed by atoms with Crippen LogP contribution in [0.4, 0.5) is 0 Å². The Bertz CT molecular complexity index is 390. The van der Waals surface area contributed by atoms with Gasteiger partial charge in [0.2, 0.25) is 0 Å². The van der Waals surface area contributed by atoms with Crippen LogP contribution in [0.25, 0.3) is 0 Å². The molecule has 0 aliphatic carbocycles. The van der Waals surface area contributed by atoms with Gasteiger partial charge in [0.15, 0.2) is 0 Å². The summed E-state index contributed by atoms with van der Waals surface area (Å²) in [5.41, 5.74) is 1.61. The lowest BCUT2D eigenvalue weighted by molar-refractivity contribution is 0.0782. The van der Waals surface area contributed by atoms with Crippen molar-refractivity contribution >= 4 is 17.5 Å². The standard InChI is InChI=1S/C13H22ClN3O/c1-4-11-10-12(17(3)15-11)13(18)16(2)9-7-5-6-8-14/h10H,4-9H2,1-3H3. The van der Waals surface area contributed by atoms with Crippen molar-refractivity contribution in [3.8, 4) is 0 Å². The number of hydrogen-bond donors (Lipinski definition) is 0. The maximum absolute atomic E-state index is 12.2. The van der Waals surface area contributed by atoms with E-state index in [9.17, 15) is 4.79 Å². The SMILES string of the molecule is CCc1cc(C(=O)N(C)CCCCCCl)n(C)n1. The molecule has 0 unspecified atom stereocenters. The third-order valence-corrected chi connectivity index (χ3v) is 3.25. The summed E-state index contributed by atoms with van der Waals surface area (Å²) in [6.07, 6.45) is 3.91. The molecule has 0 radical (unpaired) electrons. The first-order chi connectivity index (χ1) is 8.60. The van der Waals surface area contributed by atoms with E-state index in [0.717, 1.165) is 37.9 Å². The highest BCUT2D eigenvalue weighted by Crippen LogP contribution is 2.08. The van der Waals surface area contributed by atoms with Crippen LogP contribution in [-0.2, 0) is 13.5 Å². The zero-order valence-electron chi connectivity index (χ0n) is 11.4. The van der Waals surface area contributed by atoms with E-state index in [0.29, 0.717) is 11.6 Å². The smallest absolute Gasteiger partial charge is 0.271 e. The van der Waals surface area contributed by atoms with Gasteiger partial charge in [0.1, 0.15) is 5.69 Å². The van der Waals surface area contributed by atoms with Gasteiger partial charge in [0.25, 0.3) is 5.91 Å². The Morgan fingerprint density at radius 2 is 2.17 bits per heavy atom. The van der Waals surface area contributed by atoms with Gasteiger partial charge >= 0.3 is 0 Å². The first kappa shape index (κ1) is 15.0. The maximum atomic E-state index is 12.2. The zero-order chi connectivity index (χ0) is 13.5. The first-order valence-electron chi connectivity index (χ1n) is 6.44. The summed E-state index contributed by atoms with van der Waals surface area (Å²) in [5, 5.41) is 4.29. The van der Waals surface area contributed by atoms with Gasteiger partial charge in [-0.2, -0.15) is 5.10 Å². The Morgan fingerprint density at radius 3 is 2.72 bits per heavy atom. The number of aryl methyl sites for hydroxylation is 2. The van der Waals surface area contributed by atoms with Gasteiger partial charge < -0.3 is 4.90 Å². The van der Waals surface area contributed by atoms with Crippen LogP contribution in [0.3, 0.4) is 0 Å². The van der Waals surface area contributed by atoms with E-state index in [-0.39, 0.29) is 5.91 Å². The number of amides is 1. The van der Waals surface area contributed by atoms with Gasteiger partial charge in [-0.3, -0.25) is 9.48 Å². The number of hydrogen-bond acceptors (Lipinski definition) is 2. The van der Waals surface area contributed by atoms with Crippen LogP contribution in [0, 0.1) is 0 Å². The summed E-state index contributed by atoms with van der Waals surface area (Å²) in [4.78, 5) is 14.0. The maximum Gasteiger partial charge on any atom is 0.271 e. The quantitative estimate of drug-likeness (QED) is 0.564. The molecule has 0 saturated heterocycles. The molecule has 5 heteroatoms. The van der Waals surface area contributed by atoms with E-state index in [1.807, 2.05) is 27.1 Å². The number of unbranched alkanes of at least 4 members (excludes halogenated alkanes) is 2. The van der Waals surface area contributed by atoms with E-state index in [1.54, 1.807) is 9.58 Å². The minimum absolute atomic E-state index is 0.0376. The normalized spacial score (nSPS) is 10.7. The summed E-state index contributed by atoms with van der Waals surface area (Å²) < 4.78 is 1.66. The highest BCUT2D eigenvalue weighted by Gasteiger charge is 2.16. The van der Waals surface area contributed by atoms with Crippen LogP contribution in [0.5, 0.6) is 0 Å². The number of halogens is 1. The Balaban J connectivity index is 2.54. The van der Waals surface area contributed by atoms with Gasteiger partial charge in [-0.05, 0) is 25.3 Å². The minimum atomic E-state index is 0.0376. The van der Waals surface area contributed by atoms with E-state index in [4.69, 9.17) is 11.6 Å². The number of alkyl halides is 1. The third-order valence-electron chi connectivity index (χ3n) is 2.99. The van der Waals surface area contributed by atoms with Crippen molar-refractivity contribution in [3.05, 3.63) is 17.5 Å². The fourth-order valence-electron chi connectivity index (χ4n) is 1.82. The molecule has 0 aliphatic rings. The zero-order valence-corrected chi connectivity index (χ0v) is 12.2. The second-order valence-corrected chi connectivity index (χ2v) is 4.85. The number of aromatic nitrogens is 2. The first-order valence-corrected chi connectivity index (χ1v) is 6.98. The van der Waals surface area contributed by atoms with Crippen molar-refractivity contribution in [2.24, 2.45) is 7.05 Å². The molecule has 4 nitrogen and oxygen atoms in total. The molecule has 0 spiro atoms. The molecular formula is C13H22ClN3O. The van der Waals surface area contributed by atoms with E-state index >= 15 is 0 Å². The van der Waals surface area contributed by atoms with Crippen molar-refractivity contribution < 1.29 is 4.79 Å². The average molecular weight is 272 g/mol. The minimum Gasteiger partial charge on any atom is -0.340 e. The van der Waals surface area contributed by atoms with E-state index in [1.165, 1.54) is 0 Å². The van der Waals surface area contributed by atoms with Crippen LogP contribution in [-0.4, -0.2) is 40.1 Å². The molecule has 0 aliphatic heterocycles. The molecule has 0 atom stereocenters. The molecule has 0 N–H and O–H groups in total. The van der Waals surface area contributed by atoms with Crippen LogP contribution in [0.2, 0.25) is 0 Å². The Hall–Kier alpha value is -1.03. The highest BCUT2D eigenvalue weighted by molar-refractivity contribution is 6.17.